The molecular weight excluding hydrogens is 249 g/mol. The second-order valence-corrected chi connectivity index (χ2v) is 5.96. The van der Waals surface area contributed by atoms with E-state index in [0.717, 1.165) is 12.8 Å². The lowest BCUT2D eigenvalue weighted by molar-refractivity contribution is 0.260. The van der Waals surface area contributed by atoms with Gasteiger partial charge in [0.25, 0.3) is 0 Å². The molecule has 100 valence electrons. The lowest BCUT2D eigenvalue weighted by atomic mass is 9.91. The largest absolute Gasteiger partial charge is 0.491 e. The van der Waals surface area contributed by atoms with Crippen LogP contribution in [0.2, 0.25) is 0 Å². The Labute approximate surface area is 113 Å². The first-order chi connectivity index (χ1) is 8.29. The quantitative estimate of drug-likeness (QED) is 0.654. The van der Waals surface area contributed by atoms with Crippen LogP contribution >= 0.6 is 12.2 Å². The van der Waals surface area contributed by atoms with Crippen molar-refractivity contribution in [1.29, 1.82) is 0 Å². The number of halogens is 1. The van der Waals surface area contributed by atoms with Crippen molar-refractivity contribution in [2.24, 2.45) is 11.1 Å². The third-order valence-corrected chi connectivity index (χ3v) is 2.78. The van der Waals surface area contributed by atoms with Gasteiger partial charge in [0.05, 0.1) is 6.61 Å². The molecule has 18 heavy (non-hydrogen) atoms. The molecule has 2 nitrogen and oxygen atoms in total. The molecule has 0 radical (unpaired) electrons. The first-order valence-corrected chi connectivity index (χ1v) is 6.42. The molecule has 0 saturated carbocycles. The van der Waals surface area contributed by atoms with Crippen molar-refractivity contribution in [3.05, 3.63) is 29.6 Å². The molecule has 0 aliphatic heterocycles. The van der Waals surface area contributed by atoms with Gasteiger partial charge in [0, 0.05) is 5.56 Å². The molecule has 1 aromatic carbocycles. The van der Waals surface area contributed by atoms with E-state index in [1.165, 1.54) is 6.07 Å². The van der Waals surface area contributed by atoms with E-state index >= 15 is 0 Å². The predicted octanol–water partition coefficient (Wildman–Crippen LogP) is 3.67. The van der Waals surface area contributed by atoms with E-state index in [1.807, 2.05) is 0 Å². The van der Waals surface area contributed by atoms with Crippen LogP contribution in [0.1, 0.15) is 39.2 Å². The minimum absolute atomic E-state index is 0.188. The van der Waals surface area contributed by atoms with E-state index in [9.17, 15) is 4.39 Å². The maximum atomic E-state index is 13.6. The summed E-state index contributed by atoms with van der Waals surface area (Å²) < 4.78 is 19.0. The van der Waals surface area contributed by atoms with Gasteiger partial charge in [0.15, 0.2) is 11.6 Å². The number of rotatable bonds is 5. The minimum atomic E-state index is -0.420. The summed E-state index contributed by atoms with van der Waals surface area (Å²) in [6.07, 6.45) is 1.94. The van der Waals surface area contributed by atoms with Crippen LogP contribution in [-0.4, -0.2) is 11.6 Å². The van der Waals surface area contributed by atoms with E-state index in [1.54, 1.807) is 12.1 Å². The van der Waals surface area contributed by atoms with Crippen molar-refractivity contribution in [2.45, 2.75) is 33.6 Å². The molecule has 0 unspecified atom stereocenters. The Kier molecular flexibility index (Phi) is 5.08. The van der Waals surface area contributed by atoms with Crippen molar-refractivity contribution >= 4 is 17.2 Å². The van der Waals surface area contributed by atoms with Crippen molar-refractivity contribution < 1.29 is 9.13 Å². The zero-order chi connectivity index (χ0) is 13.8. The highest BCUT2D eigenvalue weighted by molar-refractivity contribution is 7.80. The highest BCUT2D eigenvalue weighted by Gasteiger charge is 2.10. The number of thiocarbonyl (C=S) groups is 1. The molecule has 4 heteroatoms. The van der Waals surface area contributed by atoms with E-state index < -0.39 is 5.82 Å². The Hall–Kier alpha value is -1.16. The fraction of sp³-hybridized carbons (Fsp3) is 0.500. The molecule has 0 saturated heterocycles. The van der Waals surface area contributed by atoms with E-state index in [-0.39, 0.29) is 16.2 Å². The Bertz CT molecular complexity index is 426. The summed E-state index contributed by atoms with van der Waals surface area (Å²) in [5, 5.41) is 0. The van der Waals surface area contributed by atoms with E-state index in [2.05, 4.69) is 20.8 Å². The maximum absolute atomic E-state index is 13.6. The SMILES string of the molecule is CC(C)(C)CCCOc1ccc(C(N)=S)cc1F. The summed E-state index contributed by atoms with van der Waals surface area (Å²) in [6.45, 7) is 7.03. The van der Waals surface area contributed by atoms with Crippen molar-refractivity contribution in [1.82, 2.24) is 0 Å². The van der Waals surface area contributed by atoms with E-state index in [0.29, 0.717) is 12.2 Å². The fourth-order valence-electron chi connectivity index (χ4n) is 1.56. The summed E-state index contributed by atoms with van der Waals surface area (Å²) in [7, 11) is 0. The summed E-state index contributed by atoms with van der Waals surface area (Å²) in [5.41, 5.74) is 6.22. The number of nitrogens with two attached hydrogens (primary N) is 1. The van der Waals surface area contributed by atoms with Crippen LogP contribution in [0.15, 0.2) is 18.2 Å². The average molecular weight is 269 g/mol. The molecule has 0 aliphatic rings. The Morgan fingerprint density at radius 3 is 2.56 bits per heavy atom. The van der Waals surface area contributed by atoms with Gasteiger partial charge in [-0.15, -0.1) is 0 Å². The molecule has 0 aromatic heterocycles. The molecule has 2 N–H and O–H groups in total. The molecule has 0 bridgehead atoms. The van der Waals surface area contributed by atoms with Crippen LogP contribution in [0, 0.1) is 11.2 Å². The third kappa shape index (κ3) is 5.00. The Balaban J connectivity index is 2.51. The molecule has 0 heterocycles. The van der Waals surface area contributed by atoms with Gasteiger partial charge in [0.1, 0.15) is 4.99 Å². The van der Waals surface area contributed by atoms with Gasteiger partial charge in [-0.05, 0) is 36.5 Å². The predicted molar refractivity (Wildman–Crippen MR) is 76.5 cm³/mol. The van der Waals surface area contributed by atoms with Crippen LogP contribution in [0.3, 0.4) is 0 Å². The number of hydrogen-bond acceptors (Lipinski definition) is 2. The smallest absolute Gasteiger partial charge is 0.165 e. The van der Waals surface area contributed by atoms with Gasteiger partial charge in [-0.25, -0.2) is 4.39 Å². The summed E-state index contributed by atoms with van der Waals surface area (Å²) in [5.74, 6) is -0.167. The van der Waals surface area contributed by atoms with Crippen LogP contribution in [-0.2, 0) is 0 Å². The molecule has 0 spiro atoms. The topological polar surface area (TPSA) is 35.2 Å². The monoisotopic (exact) mass is 269 g/mol. The molecule has 0 aliphatic carbocycles. The van der Waals surface area contributed by atoms with Gasteiger partial charge >= 0.3 is 0 Å². The average Bonchev–Trinajstić information content (AvgIpc) is 2.24. The fourth-order valence-corrected chi connectivity index (χ4v) is 1.68. The van der Waals surface area contributed by atoms with Gasteiger partial charge in [0.2, 0.25) is 0 Å². The summed E-state index contributed by atoms with van der Waals surface area (Å²) in [6, 6.07) is 4.55. The number of benzene rings is 1. The zero-order valence-corrected chi connectivity index (χ0v) is 11.9. The highest BCUT2D eigenvalue weighted by atomic mass is 32.1. The van der Waals surface area contributed by atoms with Gasteiger partial charge in [-0.3, -0.25) is 0 Å². The van der Waals surface area contributed by atoms with Crippen LogP contribution in [0.5, 0.6) is 5.75 Å². The molecule has 0 fully saturated rings. The van der Waals surface area contributed by atoms with Crippen LogP contribution in [0.25, 0.3) is 0 Å². The third-order valence-electron chi connectivity index (χ3n) is 2.55. The van der Waals surface area contributed by atoms with Crippen LogP contribution in [0.4, 0.5) is 4.39 Å². The second kappa shape index (κ2) is 6.14. The van der Waals surface area contributed by atoms with E-state index in [4.69, 9.17) is 22.7 Å². The molecular formula is C14H20FNOS. The zero-order valence-electron chi connectivity index (χ0n) is 11.1. The molecule has 0 atom stereocenters. The first-order valence-electron chi connectivity index (χ1n) is 6.02. The van der Waals surface area contributed by atoms with Crippen molar-refractivity contribution in [3.8, 4) is 5.75 Å². The van der Waals surface area contributed by atoms with Gasteiger partial charge < -0.3 is 10.5 Å². The standard InChI is InChI=1S/C14H20FNOS/c1-14(2,3)7-4-8-17-12-6-5-10(13(16)18)9-11(12)15/h5-6,9H,4,7-8H2,1-3H3,(H2,16,18). The first kappa shape index (κ1) is 14.9. The summed E-state index contributed by atoms with van der Waals surface area (Å²) in [4.78, 5) is 0.188. The summed E-state index contributed by atoms with van der Waals surface area (Å²) >= 11 is 4.78. The molecule has 1 aromatic rings. The van der Waals surface area contributed by atoms with Crippen LogP contribution < -0.4 is 10.5 Å². The Morgan fingerprint density at radius 2 is 2.06 bits per heavy atom. The maximum Gasteiger partial charge on any atom is 0.165 e. The van der Waals surface area contributed by atoms with Gasteiger partial charge in [-0.2, -0.15) is 0 Å². The van der Waals surface area contributed by atoms with Gasteiger partial charge in [-0.1, -0.05) is 33.0 Å². The number of hydrogen-bond donors (Lipinski definition) is 1. The lowest BCUT2D eigenvalue weighted by Crippen LogP contribution is -2.10. The Morgan fingerprint density at radius 1 is 1.39 bits per heavy atom. The molecule has 1 rings (SSSR count). The minimum Gasteiger partial charge on any atom is -0.491 e. The van der Waals surface area contributed by atoms with Crippen molar-refractivity contribution in [2.75, 3.05) is 6.61 Å². The van der Waals surface area contributed by atoms with Crippen molar-refractivity contribution in [3.63, 3.8) is 0 Å². The second-order valence-electron chi connectivity index (χ2n) is 5.52. The number of ether oxygens (including phenoxy) is 1. The molecule has 0 amide bonds. The highest BCUT2D eigenvalue weighted by Crippen LogP contribution is 2.22. The lowest BCUT2D eigenvalue weighted by Gasteiger charge is -2.17. The normalized spacial score (nSPS) is 11.3.